The van der Waals surface area contributed by atoms with Crippen molar-refractivity contribution in [2.75, 3.05) is 0 Å². The number of rotatable bonds is 5. The van der Waals surface area contributed by atoms with Crippen molar-refractivity contribution in [3.63, 3.8) is 0 Å². The van der Waals surface area contributed by atoms with Crippen molar-refractivity contribution in [3.05, 3.63) is 205 Å². The van der Waals surface area contributed by atoms with E-state index in [4.69, 9.17) is 9.97 Å². The molecule has 1 heterocycles. The summed E-state index contributed by atoms with van der Waals surface area (Å²) in [6.07, 6.45) is 0. The average Bonchev–Trinajstić information content (AvgIpc) is 3.50. The van der Waals surface area contributed by atoms with Gasteiger partial charge in [0, 0.05) is 22.1 Å². The normalized spacial score (nSPS) is 12.9. The quantitative estimate of drug-likeness (QED) is 0.176. The van der Waals surface area contributed by atoms with Crippen molar-refractivity contribution in [1.29, 1.82) is 0 Å². The van der Waals surface area contributed by atoms with Crippen LogP contribution in [0.3, 0.4) is 0 Å². The number of hydrogen-bond donors (Lipinski definition) is 0. The van der Waals surface area contributed by atoms with Crippen LogP contribution in [0.4, 0.5) is 0 Å². The fourth-order valence-corrected chi connectivity index (χ4v) is 9.39. The van der Waals surface area contributed by atoms with Crippen molar-refractivity contribution in [3.8, 4) is 67.3 Å². The lowest BCUT2D eigenvalue weighted by Gasteiger charge is -2.25. The Balaban J connectivity index is 1.11. The molecule has 0 amide bonds. The van der Waals surface area contributed by atoms with Crippen LogP contribution < -0.4 is 0 Å². The maximum absolute atomic E-state index is 5.33. The predicted octanol–water partition coefficient (Wildman–Crippen LogP) is 14.6. The van der Waals surface area contributed by atoms with E-state index in [1.807, 2.05) is 6.07 Å². The van der Waals surface area contributed by atoms with E-state index >= 15 is 0 Å². The van der Waals surface area contributed by atoms with Gasteiger partial charge in [0.25, 0.3) is 0 Å². The van der Waals surface area contributed by atoms with Crippen molar-refractivity contribution in [2.24, 2.45) is 0 Å². The van der Waals surface area contributed by atoms with Gasteiger partial charge in [-0.3, -0.25) is 0 Å². The van der Waals surface area contributed by atoms with Crippen molar-refractivity contribution in [2.45, 2.75) is 19.3 Å². The molecule has 0 saturated heterocycles. The van der Waals surface area contributed by atoms with E-state index in [9.17, 15) is 0 Å². The average molecular weight is 727 g/mol. The Hall–Kier alpha value is -7.16. The zero-order chi connectivity index (χ0) is 38.1. The number of benzene rings is 9. The molecule has 0 unspecified atom stereocenters. The number of aromatic nitrogens is 2. The molecule has 9 aromatic carbocycles. The summed E-state index contributed by atoms with van der Waals surface area (Å²) in [7, 11) is 0. The van der Waals surface area contributed by atoms with Gasteiger partial charge in [0.15, 0.2) is 5.82 Å². The zero-order valence-corrected chi connectivity index (χ0v) is 31.9. The highest BCUT2D eigenvalue weighted by Gasteiger charge is 2.38. The van der Waals surface area contributed by atoms with E-state index in [-0.39, 0.29) is 5.41 Å². The second-order valence-corrected chi connectivity index (χ2v) is 15.7. The van der Waals surface area contributed by atoms with Crippen LogP contribution in [-0.4, -0.2) is 9.97 Å². The molecule has 1 aromatic heterocycles. The van der Waals surface area contributed by atoms with E-state index in [2.05, 4.69) is 202 Å². The molecule has 0 N–H and O–H groups in total. The highest BCUT2D eigenvalue weighted by molar-refractivity contribution is 6.07. The van der Waals surface area contributed by atoms with Crippen molar-refractivity contribution >= 4 is 32.3 Å². The van der Waals surface area contributed by atoms with Crippen LogP contribution in [0.1, 0.15) is 25.0 Å². The van der Waals surface area contributed by atoms with Crippen molar-refractivity contribution < 1.29 is 0 Å². The van der Waals surface area contributed by atoms with Gasteiger partial charge in [0.1, 0.15) is 0 Å². The third kappa shape index (κ3) is 5.33. The van der Waals surface area contributed by atoms with Crippen LogP contribution in [0, 0.1) is 0 Å². The van der Waals surface area contributed by atoms with Gasteiger partial charge >= 0.3 is 0 Å². The van der Waals surface area contributed by atoms with Crippen LogP contribution in [0.2, 0.25) is 0 Å². The summed E-state index contributed by atoms with van der Waals surface area (Å²) in [5.41, 5.74) is 15.0. The predicted molar refractivity (Wildman–Crippen MR) is 239 cm³/mol. The third-order valence-corrected chi connectivity index (χ3v) is 12.1. The molecule has 0 spiro atoms. The molecular weight excluding hydrogens is 689 g/mol. The van der Waals surface area contributed by atoms with Gasteiger partial charge in [-0.25, -0.2) is 9.97 Å². The summed E-state index contributed by atoms with van der Waals surface area (Å²) in [4.78, 5) is 10.6. The number of hydrogen-bond acceptors (Lipinski definition) is 2. The highest BCUT2D eigenvalue weighted by Crippen LogP contribution is 2.54. The molecule has 0 atom stereocenters. The second kappa shape index (κ2) is 13.0. The SMILES string of the molecule is CC1(C)c2cc3ccccc3cc2-c2cccc(-c3ccc(-c4cc(-c5ccccc5-c5cccc6ccccc56)nc(-c5ccccc5)n4)c4ccccc34)c21. The minimum atomic E-state index is -0.172. The maximum atomic E-state index is 5.33. The van der Waals surface area contributed by atoms with Crippen LogP contribution in [0.5, 0.6) is 0 Å². The summed E-state index contributed by atoms with van der Waals surface area (Å²) >= 11 is 0. The molecule has 0 aliphatic heterocycles. The van der Waals surface area contributed by atoms with Crippen LogP contribution in [-0.2, 0) is 5.41 Å². The Morgan fingerprint density at radius 3 is 1.60 bits per heavy atom. The van der Waals surface area contributed by atoms with Gasteiger partial charge in [0.2, 0.25) is 0 Å². The van der Waals surface area contributed by atoms with Crippen molar-refractivity contribution in [1.82, 2.24) is 9.97 Å². The second-order valence-electron chi connectivity index (χ2n) is 15.7. The maximum Gasteiger partial charge on any atom is 0.160 e. The topological polar surface area (TPSA) is 25.8 Å². The fraction of sp³-hybridized carbons (Fsp3) is 0.0545. The standard InChI is InChI=1S/C55H38N2/c1-55(2)50-33-38-20-7-6-19-37(38)32-49(50)48-29-15-28-47(53(48)55)44-30-31-46(43-25-11-10-23-41(43)44)52-34-51(56-54(57-52)36-17-4-3-5-18-36)45-26-13-12-24-42(45)40-27-14-21-35-16-8-9-22-39(35)40/h3-34H,1-2H3. The van der Waals surface area contributed by atoms with Crippen LogP contribution in [0.25, 0.3) is 99.6 Å². The molecule has 0 bridgehead atoms. The molecule has 57 heavy (non-hydrogen) atoms. The molecule has 11 rings (SSSR count). The first kappa shape index (κ1) is 33.2. The van der Waals surface area contributed by atoms with Crippen LogP contribution >= 0.6 is 0 Å². The minimum absolute atomic E-state index is 0.172. The summed E-state index contributed by atoms with van der Waals surface area (Å²) in [6.45, 7) is 4.77. The first-order chi connectivity index (χ1) is 28.0. The summed E-state index contributed by atoms with van der Waals surface area (Å²) in [6, 6.07) is 70.1. The van der Waals surface area contributed by atoms with Gasteiger partial charge in [-0.15, -0.1) is 0 Å². The molecule has 1 aliphatic rings. The van der Waals surface area contributed by atoms with Gasteiger partial charge in [-0.1, -0.05) is 190 Å². The fourth-order valence-electron chi connectivity index (χ4n) is 9.39. The molecule has 2 nitrogen and oxygen atoms in total. The lowest BCUT2D eigenvalue weighted by atomic mass is 9.78. The first-order valence-electron chi connectivity index (χ1n) is 19.7. The Morgan fingerprint density at radius 1 is 0.333 bits per heavy atom. The smallest absolute Gasteiger partial charge is 0.160 e. The van der Waals surface area contributed by atoms with E-state index < -0.39 is 0 Å². The molecular formula is C55H38N2. The number of fused-ring (bicyclic) bond motifs is 6. The molecule has 10 aromatic rings. The van der Waals surface area contributed by atoms with Gasteiger partial charge in [-0.05, 0) is 95.0 Å². The summed E-state index contributed by atoms with van der Waals surface area (Å²) < 4.78 is 0. The Bertz CT molecular complexity index is 3210. The third-order valence-electron chi connectivity index (χ3n) is 12.1. The Morgan fingerprint density at radius 2 is 0.825 bits per heavy atom. The van der Waals surface area contributed by atoms with E-state index in [1.54, 1.807) is 0 Å². The number of nitrogens with zero attached hydrogens (tertiary/aromatic N) is 2. The van der Waals surface area contributed by atoms with Gasteiger partial charge in [-0.2, -0.15) is 0 Å². The molecule has 0 fully saturated rings. The summed E-state index contributed by atoms with van der Waals surface area (Å²) in [5, 5.41) is 7.37. The Kier molecular flexibility index (Phi) is 7.55. The first-order valence-corrected chi connectivity index (χ1v) is 19.7. The monoisotopic (exact) mass is 726 g/mol. The van der Waals surface area contributed by atoms with Gasteiger partial charge < -0.3 is 0 Å². The summed E-state index contributed by atoms with van der Waals surface area (Å²) in [5.74, 6) is 0.705. The van der Waals surface area contributed by atoms with Gasteiger partial charge in [0.05, 0.1) is 11.4 Å². The molecule has 0 radical (unpaired) electrons. The van der Waals surface area contributed by atoms with E-state index in [0.29, 0.717) is 5.82 Å². The van der Waals surface area contributed by atoms with E-state index in [1.165, 1.54) is 65.9 Å². The van der Waals surface area contributed by atoms with Crippen LogP contribution in [0.15, 0.2) is 194 Å². The molecule has 1 aliphatic carbocycles. The lowest BCUT2D eigenvalue weighted by molar-refractivity contribution is 0.663. The van der Waals surface area contributed by atoms with E-state index in [0.717, 1.165) is 39.0 Å². The molecule has 268 valence electrons. The molecule has 0 saturated carbocycles. The minimum Gasteiger partial charge on any atom is -0.228 e. The largest absolute Gasteiger partial charge is 0.228 e. The Labute approximate surface area is 332 Å². The zero-order valence-electron chi connectivity index (χ0n) is 31.9. The highest BCUT2D eigenvalue weighted by atomic mass is 14.9. The molecule has 2 heteroatoms. The lowest BCUT2D eigenvalue weighted by Crippen LogP contribution is -2.16.